The van der Waals surface area contributed by atoms with Crippen LogP contribution in [0.5, 0.6) is 0 Å². The zero-order valence-electron chi connectivity index (χ0n) is 9.72. The van der Waals surface area contributed by atoms with Gasteiger partial charge >= 0.3 is 0 Å². The van der Waals surface area contributed by atoms with Gasteiger partial charge in [-0.15, -0.1) is 0 Å². The highest BCUT2D eigenvalue weighted by molar-refractivity contribution is 5.79. The van der Waals surface area contributed by atoms with Crippen molar-refractivity contribution in [2.75, 3.05) is 6.54 Å². The van der Waals surface area contributed by atoms with Crippen LogP contribution in [0, 0.1) is 5.41 Å². The van der Waals surface area contributed by atoms with Gasteiger partial charge in [-0.25, -0.2) is 0 Å². The number of hydrogen-bond acceptors (Lipinski definition) is 2. The predicted molar refractivity (Wildman–Crippen MR) is 58.2 cm³/mol. The fourth-order valence-corrected chi connectivity index (χ4v) is 1.62. The molecule has 0 aromatic carbocycles. The van der Waals surface area contributed by atoms with Crippen LogP contribution >= 0.6 is 0 Å². The molecule has 0 saturated carbocycles. The lowest BCUT2D eigenvalue weighted by molar-refractivity contribution is -0.126. The maximum atomic E-state index is 11.6. The lowest BCUT2D eigenvalue weighted by Crippen LogP contribution is -2.48. The second kappa shape index (κ2) is 4.64. The monoisotopic (exact) mass is 212 g/mol. The summed E-state index contributed by atoms with van der Waals surface area (Å²) in [7, 11) is 0. The van der Waals surface area contributed by atoms with Crippen molar-refractivity contribution in [2.45, 2.75) is 46.1 Å². The Labute approximate surface area is 90.8 Å². The van der Waals surface area contributed by atoms with Crippen LogP contribution in [-0.2, 0) is 9.59 Å². The van der Waals surface area contributed by atoms with Gasteiger partial charge in [0.1, 0.15) is 0 Å². The molecule has 4 heteroatoms. The molecule has 1 rings (SSSR count). The second-order valence-electron chi connectivity index (χ2n) is 5.34. The molecule has 0 aromatic rings. The van der Waals surface area contributed by atoms with E-state index in [1.165, 1.54) is 0 Å². The van der Waals surface area contributed by atoms with E-state index in [0.717, 1.165) is 6.42 Å². The second-order valence-corrected chi connectivity index (χ2v) is 5.34. The number of amides is 2. The van der Waals surface area contributed by atoms with E-state index >= 15 is 0 Å². The summed E-state index contributed by atoms with van der Waals surface area (Å²) < 4.78 is 0. The average Bonchev–Trinajstić information content (AvgIpc) is 2.05. The Hall–Kier alpha value is -1.06. The number of nitrogens with one attached hydrogen (secondary N) is 2. The van der Waals surface area contributed by atoms with Gasteiger partial charge < -0.3 is 10.6 Å². The highest BCUT2D eigenvalue weighted by Crippen LogP contribution is 2.18. The van der Waals surface area contributed by atoms with E-state index in [0.29, 0.717) is 19.4 Å². The standard InChI is InChI=1S/C11H20N2O2/c1-11(2,3)6-10(15)13-8-4-5-9(14)12-7-8/h8H,4-7H2,1-3H3,(H,12,14)(H,13,15). The highest BCUT2D eigenvalue weighted by Gasteiger charge is 2.22. The van der Waals surface area contributed by atoms with Gasteiger partial charge in [0.25, 0.3) is 0 Å². The molecule has 86 valence electrons. The van der Waals surface area contributed by atoms with Gasteiger partial charge in [-0.1, -0.05) is 20.8 Å². The van der Waals surface area contributed by atoms with Gasteiger partial charge in [0.2, 0.25) is 11.8 Å². The van der Waals surface area contributed by atoms with Crippen molar-refractivity contribution in [1.29, 1.82) is 0 Å². The Morgan fingerprint density at radius 2 is 2.20 bits per heavy atom. The highest BCUT2D eigenvalue weighted by atomic mass is 16.2. The molecule has 1 aliphatic heterocycles. The molecule has 0 aromatic heterocycles. The summed E-state index contributed by atoms with van der Waals surface area (Å²) in [5, 5.41) is 5.69. The molecule has 1 unspecified atom stereocenters. The van der Waals surface area contributed by atoms with Crippen molar-refractivity contribution < 1.29 is 9.59 Å². The van der Waals surface area contributed by atoms with Crippen molar-refractivity contribution in [2.24, 2.45) is 5.41 Å². The molecule has 1 atom stereocenters. The van der Waals surface area contributed by atoms with Crippen molar-refractivity contribution in [3.8, 4) is 0 Å². The first-order valence-electron chi connectivity index (χ1n) is 5.43. The van der Waals surface area contributed by atoms with Gasteiger partial charge in [0.15, 0.2) is 0 Å². The van der Waals surface area contributed by atoms with Gasteiger partial charge in [-0.05, 0) is 11.8 Å². The minimum absolute atomic E-state index is 0.0159. The van der Waals surface area contributed by atoms with Crippen molar-refractivity contribution in [3.05, 3.63) is 0 Å². The van der Waals surface area contributed by atoms with E-state index in [-0.39, 0.29) is 23.3 Å². The number of carbonyl (C=O) groups excluding carboxylic acids is 2. The zero-order valence-corrected chi connectivity index (χ0v) is 9.72. The largest absolute Gasteiger partial charge is 0.354 e. The normalized spacial score (nSPS) is 22.1. The maximum absolute atomic E-state index is 11.6. The third-order valence-corrected chi connectivity index (χ3v) is 2.32. The van der Waals surface area contributed by atoms with E-state index < -0.39 is 0 Å². The Morgan fingerprint density at radius 1 is 1.53 bits per heavy atom. The molecule has 1 aliphatic rings. The quantitative estimate of drug-likeness (QED) is 0.712. The fraction of sp³-hybridized carbons (Fsp3) is 0.818. The lowest BCUT2D eigenvalue weighted by atomic mass is 9.91. The van der Waals surface area contributed by atoms with Crippen LogP contribution in [0.25, 0.3) is 0 Å². The molecule has 0 aliphatic carbocycles. The molecule has 1 heterocycles. The smallest absolute Gasteiger partial charge is 0.220 e. The van der Waals surface area contributed by atoms with Crippen LogP contribution in [0.4, 0.5) is 0 Å². The number of piperidine rings is 1. The van der Waals surface area contributed by atoms with E-state index in [1.807, 2.05) is 20.8 Å². The van der Waals surface area contributed by atoms with Crippen LogP contribution in [0.15, 0.2) is 0 Å². The van der Waals surface area contributed by atoms with Crippen LogP contribution in [0.3, 0.4) is 0 Å². The Kier molecular flexibility index (Phi) is 3.72. The van der Waals surface area contributed by atoms with Gasteiger partial charge in [0.05, 0.1) is 0 Å². The summed E-state index contributed by atoms with van der Waals surface area (Å²) in [6.07, 6.45) is 1.79. The minimum Gasteiger partial charge on any atom is -0.354 e. The van der Waals surface area contributed by atoms with Crippen LogP contribution in [0.1, 0.15) is 40.0 Å². The summed E-state index contributed by atoms with van der Waals surface area (Å²) in [4.78, 5) is 22.5. The SMILES string of the molecule is CC(C)(C)CC(=O)NC1CCC(=O)NC1. The van der Waals surface area contributed by atoms with E-state index in [1.54, 1.807) is 0 Å². The lowest BCUT2D eigenvalue weighted by Gasteiger charge is -2.25. The summed E-state index contributed by atoms with van der Waals surface area (Å²) >= 11 is 0. The summed E-state index contributed by atoms with van der Waals surface area (Å²) in [6.45, 7) is 6.67. The number of rotatable bonds is 2. The van der Waals surface area contributed by atoms with Crippen LogP contribution in [0.2, 0.25) is 0 Å². The molecular weight excluding hydrogens is 192 g/mol. The third-order valence-electron chi connectivity index (χ3n) is 2.32. The Balaban J connectivity index is 2.29. The molecule has 0 radical (unpaired) electrons. The molecule has 0 spiro atoms. The first kappa shape index (κ1) is 12.0. The topological polar surface area (TPSA) is 58.2 Å². The van der Waals surface area contributed by atoms with Crippen molar-refractivity contribution in [1.82, 2.24) is 10.6 Å². The Morgan fingerprint density at radius 3 is 2.67 bits per heavy atom. The first-order chi connectivity index (χ1) is 6.87. The van der Waals surface area contributed by atoms with Crippen molar-refractivity contribution in [3.63, 3.8) is 0 Å². The average molecular weight is 212 g/mol. The van der Waals surface area contributed by atoms with Gasteiger partial charge in [-0.2, -0.15) is 0 Å². The summed E-state index contributed by atoms with van der Waals surface area (Å²) in [5.74, 6) is 0.153. The third kappa shape index (κ3) is 4.81. The minimum atomic E-state index is 0.0159. The van der Waals surface area contributed by atoms with Crippen LogP contribution < -0.4 is 10.6 Å². The summed E-state index contributed by atoms with van der Waals surface area (Å²) in [6, 6.07) is 0.109. The molecule has 2 N–H and O–H groups in total. The Bertz CT molecular complexity index is 246. The van der Waals surface area contributed by atoms with Gasteiger partial charge in [0, 0.05) is 25.4 Å². The molecule has 1 saturated heterocycles. The molecule has 1 fully saturated rings. The van der Waals surface area contributed by atoms with Gasteiger partial charge in [-0.3, -0.25) is 9.59 Å². The molecule has 0 bridgehead atoms. The molecule has 2 amide bonds. The van der Waals surface area contributed by atoms with Crippen molar-refractivity contribution >= 4 is 11.8 Å². The molecule has 15 heavy (non-hydrogen) atoms. The number of carbonyl (C=O) groups is 2. The summed E-state index contributed by atoms with van der Waals surface area (Å²) in [5.41, 5.74) is 0.0159. The zero-order chi connectivity index (χ0) is 11.5. The molecular formula is C11H20N2O2. The van der Waals surface area contributed by atoms with Crippen LogP contribution in [-0.4, -0.2) is 24.4 Å². The molecule has 4 nitrogen and oxygen atoms in total. The fourth-order valence-electron chi connectivity index (χ4n) is 1.62. The first-order valence-corrected chi connectivity index (χ1v) is 5.43. The predicted octanol–water partition coefficient (Wildman–Crippen LogP) is 0.817. The van der Waals surface area contributed by atoms with E-state index in [4.69, 9.17) is 0 Å². The maximum Gasteiger partial charge on any atom is 0.220 e. The van der Waals surface area contributed by atoms with E-state index in [2.05, 4.69) is 10.6 Å². The number of hydrogen-bond donors (Lipinski definition) is 2. The van der Waals surface area contributed by atoms with E-state index in [9.17, 15) is 9.59 Å².